The molecule has 0 unspecified atom stereocenters. The van der Waals surface area contributed by atoms with Crippen LogP contribution in [0.2, 0.25) is 0 Å². The first-order chi connectivity index (χ1) is 11.8. The summed E-state index contributed by atoms with van der Waals surface area (Å²) >= 11 is 0. The summed E-state index contributed by atoms with van der Waals surface area (Å²) in [4.78, 5) is 14.8. The number of rotatable bonds is 6. The minimum absolute atomic E-state index is 0.0196. The Balaban J connectivity index is 1.43. The van der Waals surface area contributed by atoms with E-state index in [1.165, 1.54) is 57.8 Å². The summed E-state index contributed by atoms with van der Waals surface area (Å²) in [6.07, 6.45) is 12.9. The Morgan fingerprint density at radius 3 is 2.42 bits per heavy atom. The number of morpholine rings is 1. The maximum absolute atomic E-state index is 12.2. The van der Waals surface area contributed by atoms with Crippen molar-refractivity contribution in [1.82, 2.24) is 15.5 Å². The van der Waals surface area contributed by atoms with E-state index >= 15 is 0 Å². The Morgan fingerprint density at radius 2 is 1.71 bits per heavy atom. The average Bonchev–Trinajstić information content (AvgIpc) is 3.15. The highest BCUT2D eigenvalue weighted by Gasteiger charge is 2.38. The number of amides is 2. The molecule has 0 bridgehead atoms. The minimum Gasteiger partial charge on any atom is -0.379 e. The molecule has 2 N–H and O–H groups in total. The van der Waals surface area contributed by atoms with Gasteiger partial charge < -0.3 is 15.4 Å². The number of ether oxygens (including phenoxy) is 1. The van der Waals surface area contributed by atoms with Gasteiger partial charge >= 0.3 is 6.03 Å². The Bertz CT molecular complexity index is 384. The number of carbonyl (C=O) groups is 1. The molecule has 0 radical (unpaired) electrons. The lowest BCUT2D eigenvalue weighted by Crippen LogP contribution is -2.60. The van der Waals surface area contributed by atoms with E-state index in [4.69, 9.17) is 4.74 Å². The molecule has 1 aliphatic heterocycles. The largest absolute Gasteiger partial charge is 0.379 e. The Hall–Kier alpha value is -0.810. The van der Waals surface area contributed by atoms with Crippen LogP contribution in [0.25, 0.3) is 0 Å². The van der Waals surface area contributed by atoms with Gasteiger partial charge in [-0.25, -0.2) is 4.79 Å². The second-order valence-corrected chi connectivity index (χ2v) is 7.93. The van der Waals surface area contributed by atoms with Crippen molar-refractivity contribution in [2.75, 3.05) is 39.4 Å². The lowest BCUT2D eigenvalue weighted by atomic mass is 9.80. The molecule has 1 heterocycles. The first kappa shape index (κ1) is 18.0. The molecule has 0 atom stereocenters. The molecule has 2 saturated carbocycles. The second-order valence-electron chi connectivity index (χ2n) is 7.93. The number of nitrogens with zero attached hydrogens (tertiary/aromatic N) is 1. The first-order valence-electron chi connectivity index (χ1n) is 10.1. The zero-order valence-electron chi connectivity index (χ0n) is 15.2. The smallest absolute Gasteiger partial charge is 0.314 e. The SMILES string of the molecule is O=C(NCCC1CCCC1)NCC1(N2CCOCC2)CCCCC1. The summed E-state index contributed by atoms with van der Waals surface area (Å²) in [6, 6.07) is 0.0196. The fourth-order valence-corrected chi connectivity index (χ4v) is 4.85. The van der Waals surface area contributed by atoms with Crippen molar-refractivity contribution in [3.63, 3.8) is 0 Å². The van der Waals surface area contributed by atoms with Crippen molar-refractivity contribution in [2.24, 2.45) is 5.92 Å². The Labute approximate surface area is 146 Å². The molecule has 1 saturated heterocycles. The third kappa shape index (κ3) is 4.85. The summed E-state index contributed by atoms with van der Waals surface area (Å²) < 4.78 is 5.52. The normalized spacial score (nSPS) is 25.5. The van der Waals surface area contributed by atoms with E-state index in [-0.39, 0.29) is 11.6 Å². The second kappa shape index (κ2) is 9.04. The van der Waals surface area contributed by atoms with Crippen molar-refractivity contribution in [1.29, 1.82) is 0 Å². The Morgan fingerprint density at radius 1 is 1.00 bits per heavy atom. The number of carbonyl (C=O) groups excluding carboxylic acids is 1. The van der Waals surface area contributed by atoms with Gasteiger partial charge in [0.15, 0.2) is 0 Å². The third-order valence-electron chi connectivity index (χ3n) is 6.36. The highest BCUT2D eigenvalue weighted by molar-refractivity contribution is 5.73. The molecule has 138 valence electrons. The topological polar surface area (TPSA) is 53.6 Å². The number of nitrogens with one attached hydrogen (secondary N) is 2. The van der Waals surface area contributed by atoms with Crippen LogP contribution in [0.1, 0.15) is 64.2 Å². The summed E-state index contributed by atoms with van der Waals surface area (Å²) in [5.41, 5.74) is 0.158. The van der Waals surface area contributed by atoms with Crippen molar-refractivity contribution in [3.8, 4) is 0 Å². The van der Waals surface area contributed by atoms with Crippen molar-refractivity contribution < 1.29 is 9.53 Å². The summed E-state index contributed by atoms with van der Waals surface area (Å²) in [5.74, 6) is 0.836. The first-order valence-corrected chi connectivity index (χ1v) is 10.1. The highest BCUT2D eigenvalue weighted by Crippen LogP contribution is 2.33. The van der Waals surface area contributed by atoms with Crippen molar-refractivity contribution in [3.05, 3.63) is 0 Å². The minimum atomic E-state index is 0.0196. The Kier molecular flexibility index (Phi) is 6.78. The lowest BCUT2D eigenvalue weighted by molar-refractivity contribution is -0.0357. The molecule has 3 fully saturated rings. The van der Waals surface area contributed by atoms with E-state index in [0.29, 0.717) is 0 Å². The summed E-state index contributed by atoms with van der Waals surface area (Å²) in [6.45, 7) is 5.27. The highest BCUT2D eigenvalue weighted by atomic mass is 16.5. The van der Waals surface area contributed by atoms with E-state index in [2.05, 4.69) is 15.5 Å². The van der Waals surface area contributed by atoms with Gasteiger partial charge in [0.2, 0.25) is 0 Å². The van der Waals surface area contributed by atoms with Gasteiger partial charge in [0.25, 0.3) is 0 Å². The zero-order valence-corrected chi connectivity index (χ0v) is 15.2. The van der Waals surface area contributed by atoms with E-state index < -0.39 is 0 Å². The predicted molar refractivity (Wildman–Crippen MR) is 96.2 cm³/mol. The monoisotopic (exact) mass is 337 g/mol. The number of hydrogen-bond donors (Lipinski definition) is 2. The zero-order chi connectivity index (χ0) is 16.7. The van der Waals surface area contributed by atoms with Crippen LogP contribution in [0.5, 0.6) is 0 Å². The maximum atomic E-state index is 12.2. The van der Waals surface area contributed by atoms with Gasteiger partial charge in [0, 0.05) is 31.7 Å². The molecular weight excluding hydrogens is 302 g/mol. The number of hydrogen-bond acceptors (Lipinski definition) is 3. The van der Waals surface area contributed by atoms with Crippen LogP contribution in [-0.2, 0) is 4.74 Å². The molecule has 5 nitrogen and oxygen atoms in total. The van der Waals surface area contributed by atoms with Crippen LogP contribution in [0, 0.1) is 5.92 Å². The van der Waals surface area contributed by atoms with E-state index in [1.807, 2.05) is 0 Å². The van der Waals surface area contributed by atoms with E-state index in [0.717, 1.165) is 51.7 Å². The maximum Gasteiger partial charge on any atom is 0.314 e. The van der Waals surface area contributed by atoms with Gasteiger partial charge in [0.05, 0.1) is 13.2 Å². The van der Waals surface area contributed by atoms with Gasteiger partial charge in [-0.2, -0.15) is 0 Å². The number of urea groups is 1. The summed E-state index contributed by atoms with van der Waals surface area (Å²) in [5, 5.41) is 6.26. The van der Waals surface area contributed by atoms with Crippen LogP contribution in [0.15, 0.2) is 0 Å². The molecule has 3 aliphatic rings. The van der Waals surface area contributed by atoms with Crippen molar-refractivity contribution in [2.45, 2.75) is 69.7 Å². The molecule has 24 heavy (non-hydrogen) atoms. The molecule has 5 heteroatoms. The molecule has 2 aliphatic carbocycles. The van der Waals surface area contributed by atoms with Crippen LogP contribution >= 0.6 is 0 Å². The molecular formula is C19H35N3O2. The van der Waals surface area contributed by atoms with Gasteiger partial charge in [-0.3, -0.25) is 4.90 Å². The quantitative estimate of drug-likeness (QED) is 0.783. The van der Waals surface area contributed by atoms with Gasteiger partial charge in [0.1, 0.15) is 0 Å². The van der Waals surface area contributed by atoms with Gasteiger partial charge in [-0.15, -0.1) is 0 Å². The van der Waals surface area contributed by atoms with Crippen LogP contribution in [0.3, 0.4) is 0 Å². The lowest BCUT2D eigenvalue weighted by Gasteiger charge is -2.48. The third-order valence-corrected chi connectivity index (χ3v) is 6.36. The van der Waals surface area contributed by atoms with Crippen LogP contribution in [0.4, 0.5) is 4.79 Å². The molecule has 0 aromatic heterocycles. The van der Waals surface area contributed by atoms with Crippen LogP contribution < -0.4 is 10.6 Å². The van der Waals surface area contributed by atoms with Gasteiger partial charge in [-0.05, 0) is 25.2 Å². The standard InChI is InChI=1S/C19H35N3O2/c23-18(20-11-8-17-6-2-3-7-17)21-16-19(9-4-1-5-10-19)22-12-14-24-15-13-22/h17H,1-16H2,(H2,20,21,23). The van der Waals surface area contributed by atoms with E-state index in [9.17, 15) is 4.79 Å². The fraction of sp³-hybridized carbons (Fsp3) is 0.947. The molecule has 3 rings (SSSR count). The molecule has 0 aromatic rings. The fourth-order valence-electron chi connectivity index (χ4n) is 4.85. The molecule has 0 spiro atoms. The predicted octanol–water partition coefficient (Wildman–Crippen LogP) is 2.90. The van der Waals surface area contributed by atoms with Crippen LogP contribution in [-0.4, -0.2) is 55.9 Å². The molecule has 0 aromatic carbocycles. The van der Waals surface area contributed by atoms with E-state index in [1.54, 1.807) is 0 Å². The molecule has 2 amide bonds. The average molecular weight is 338 g/mol. The van der Waals surface area contributed by atoms with Gasteiger partial charge in [-0.1, -0.05) is 44.9 Å². The summed E-state index contributed by atoms with van der Waals surface area (Å²) in [7, 11) is 0. The van der Waals surface area contributed by atoms with Crippen molar-refractivity contribution >= 4 is 6.03 Å².